The predicted molar refractivity (Wildman–Crippen MR) is 88.3 cm³/mol. The largest absolute Gasteiger partial charge is 0.366 e. The van der Waals surface area contributed by atoms with Gasteiger partial charge in [-0.15, -0.1) is 0 Å². The Morgan fingerprint density at radius 1 is 1.04 bits per heavy atom. The van der Waals surface area contributed by atoms with Crippen molar-refractivity contribution in [1.29, 1.82) is 0 Å². The maximum Gasteiger partial charge on any atom is 0.242 e. The Balaban J connectivity index is 2.25. The van der Waals surface area contributed by atoms with Crippen LogP contribution in [-0.2, 0) is 9.84 Å². The average Bonchev–Trinajstić information content (AvgIpc) is 2.90. The number of hydrogen-bond donors (Lipinski definition) is 1. The summed E-state index contributed by atoms with van der Waals surface area (Å²) in [5.41, 5.74) is 6.12. The highest BCUT2D eigenvalue weighted by Crippen LogP contribution is 2.38. The fraction of sp³-hybridized carbons (Fsp3) is 0. The molecular weight excluding hydrogens is 359 g/mol. The highest BCUT2D eigenvalue weighted by Gasteiger charge is 2.30. The maximum atomic E-state index is 12.8. The van der Waals surface area contributed by atoms with Gasteiger partial charge in [-0.1, -0.05) is 46.6 Å². The van der Waals surface area contributed by atoms with Gasteiger partial charge in [-0.3, -0.25) is 0 Å². The lowest BCUT2D eigenvalue weighted by atomic mass is 10.1. The number of halogens is 2. The molecule has 118 valence electrons. The molecule has 0 spiro atoms. The molecule has 0 aliphatic heterocycles. The van der Waals surface area contributed by atoms with Crippen molar-refractivity contribution in [2.24, 2.45) is 0 Å². The van der Waals surface area contributed by atoms with E-state index in [2.05, 4.69) is 5.16 Å². The van der Waals surface area contributed by atoms with Gasteiger partial charge in [-0.2, -0.15) is 0 Å². The van der Waals surface area contributed by atoms with Crippen molar-refractivity contribution in [3.63, 3.8) is 0 Å². The summed E-state index contributed by atoms with van der Waals surface area (Å²) in [6.07, 6.45) is 0. The number of anilines is 1. The van der Waals surface area contributed by atoms with Gasteiger partial charge in [0.1, 0.15) is 5.69 Å². The molecule has 2 N–H and O–H groups in total. The van der Waals surface area contributed by atoms with Crippen LogP contribution in [0, 0.1) is 0 Å². The zero-order chi connectivity index (χ0) is 16.6. The Kier molecular flexibility index (Phi) is 4.06. The molecule has 0 amide bonds. The van der Waals surface area contributed by atoms with Gasteiger partial charge in [-0.05, 0) is 30.3 Å². The van der Waals surface area contributed by atoms with E-state index in [1.807, 2.05) is 0 Å². The van der Waals surface area contributed by atoms with E-state index >= 15 is 0 Å². The molecule has 1 aromatic heterocycles. The van der Waals surface area contributed by atoms with E-state index in [1.165, 1.54) is 18.2 Å². The van der Waals surface area contributed by atoms with Crippen molar-refractivity contribution in [2.75, 3.05) is 5.73 Å². The SMILES string of the molecule is Nc1onc(-c2ccc(Cl)cc2Cl)c1S(=O)(=O)c1ccccc1. The topological polar surface area (TPSA) is 86.2 Å². The molecule has 0 aliphatic rings. The van der Waals surface area contributed by atoms with E-state index in [0.717, 1.165) is 0 Å². The fourth-order valence-electron chi connectivity index (χ4n) is 2.12. The third kappa shape index (κ3) is 2.81. The number of nitrogen functional groups attached to an aromatic ring is 1. The number of sulfone groups is 1. The van der Waals surface area contributed by atoms with Crippen molar-refractivity contribution in [3.8, 4) is 11.3 Å². The van der Waals surface area contributed by atoms with Gasteiger partial charge in [0, 0.05) is 10.6 Å². The number of benzene rings is 2. The van der Waals surface area contributed by atoms with Gasteiger partial charge < -0.3 is 10.3 Å². The summed E-state index contributed by atoms with van der Waals surface area (Å²) in [5, 5.41) is 4.43. The van der Waals surface area contributed by atoms with Crippen molar-refractivity contribution >= 4 is 38.9 Å². The minimum Gasteiger partial charge on any atom is -0.366 e. The first-order chi connectivity index (χ1) is 10.9. The number of nitrogens with zero attached hydrogens (tertiary/aromatic N) is 1. The highest BCUT2D eigenvalue weighted by molar-refractivity contribution is 7.91. The third-order valence-electron chi connectivity index (χ3n) is 3.18. The summed E-state index contributed by atoms with van der Waals surface area (Å²) in [7, 11) is -3.90. The summed E-state index contributed by atoms with van der Waals surface area (Å²) in [5.74, 6) is -0.296. The predicted octanol–water partition coefficient (Wildman–Crippen LogP) is 4.06. The first kappa shape index (κ1) is 15.9. The van der Waals surface area contributed by atoms with Crippen LogP contribution in [0.1, 0.15) is 0 Å². The lowest BCUT2D eigenvalue weighted by Gasteiger charge is -2.06. The Morgan fingerprint density at radius 2 is 1.74 bits per heavy atom. The molecule has 0 bridgehead atoms. The standard InChI is InChI=1S/C15H10Cl2N2O3S/c16-9-6-7-11(12(17)8-9)13-14(15(18)22-19-13)23(20,21)10-4-2-1-3-5-10/h1-8H,18H2. The second-order valence-electron chi connectivity index (χ2n) is 4.67. The lowest BCUT2D eigenvalue weighted by Crippen LogP contribution is -2.05. The number of aromatic nitrogens is 1. The van der Waals surface area contributed by atoms with Crippen LogP contribution in [0.5, 0.6) is 0 Å². The average molecular weight is 369 g/mol. The van der Waals surface area contributed by atoms with Gasteiger partial charge in [0.05, 0.1) is 9.92 Å². The number of rotatable bonds is 3. The van der Waals surface area contributed by atoms with Gasteiger partial charge in [-0.25, -0.2) is 8.42 Å². The lowest BCUT2D eigenvalue weighted by molar-refractivity contribution is 0.437. The van der Waals surface area contributed by atoms with Crippen molar-refractivity contribution in [2.45, 2.75) is 9.79 Å². The Labute approximate surface area is 142 Å². The van der Waals surface area contributed by atoms with Crippen LogP contribution in [0.2, 0.25) is 10.0 Å². The van der Waals surface area contributed by atoms with E-state index < -0.39 is 9.84 Å². The number of hydrogen-bond acceptors (Lipinski definition) is 5. The number of nitrogens with two attached hydrogens (primary N) is 1. The Hall–Kier alpha value is -2.02. The van der Waals surface area contributed by atoms with E-state index in [-0.39, 0.29) is 26.4 Å². The van der Waals surface area contributed by atoms with Crippen molar-refractivity contribution in [3.05, 3.63) is 58.6 Å². The first-order valence-electron chi connectivity index (χ1n) is 6.42. The molecule has 3 aromatic rings. The third-order valence-corrected chi connectivity index (χ3v) is 5.56. The minimum absolute atomic E-state index is 0.0491. The summed E-state index contributed by atoms with van der Waals surface area (Å²) in [4.78, 5) is -0.130. The van der Waals surface area contributed by atoms with E-state index in [9.17, 15) is 8.42 Å². The normalized spacial score (nSPS) is 11.6. The zero-order valence-corrected chi connectivity index (χ0v) is 13.9. The van der Waals surface area contributed by atoms with Crippen molar-refractivity contribution in [1.82, 2.24) is 5.16 Å². The summed E-state index contributed by atoms with van der Waals surface area (Å²) in [6, 6.07) is 12.5. The molecule has 0 saturated carbocycles. The maximum absolute atomic E-state index is 12.8. The van der Waals surface area contributed by atoms with Gasteiger partial charge in [0.25, 0.3) is 0 Å². The zero-order valence-electron chi connectivity index (χ0n) is 11.5. The Bertz CT molecular complexity index is 970. The molecule has 0 saturated heterocycles. The van der Waals surface area contributed by atoms with Crippen LogP contribution < -0.4 is 5.73 Å². The highest BCUT2D eigenvalue weighted by atomic mass is 35.5. The van der Waals surface area contributed by atoms with Crippen LogP contribution in [0.15, 0.2) is 62.8 Å². The molecular formula is C15H10Cl2N2O3S. The first-order valence-corrected chi connectivity index (χ1v) is 8.66. The smallest absolute Gasteiger partial charge is 0.242 e. The molecule has 0 atom stereocenters. The summed E-state index contributed by atoms with van der Waals surface area (Å²) < 4.78 is 30.6. The minimum atomic E-state index is -3.90. The van der Waals surface area contributed by atoms with Gasteiger partial charge in [0.2, 0.25) is 15.7 Å². The monoisotopic (exact) mass is 368 g/mol. The second-order valence-corrected chi connectivity index (χ2v) is 7.40. The van der Waals surface area contributed by atoms with Gasteiger partial charge >= 0.3 is 0 Å². The molecule has 3 rings (SSSR count). The fourth-order valence-corrected chi connectivity index (χ4v) is 4.08. The van der Waals surface area contributed by atoms with E-state index in [0.29, 0.717) is 10.6 Å². The molecule has 23 heavy (non-hydrogen) atoms. The van der Waals surface area contributed by atoms with E-state index in [1.54, 1.807) is 30.3 Å². The van der Waals surface area contributed by atoms with Crippen molar-refractivity contribution < 1.29 is 12.9 Å². The molecule has 0 fully saturated rings. The van der Waals surface area contributed by atoms with Crippen LogP contribution in [0.4, 0.5) is 5.88 Å². The van der Waals surface area contributed by atoms with Gasteiger partial charge in [0.15, 0.2) is 4.90 Å². The van der Waals surface area contributed by atoms with Crippen LogP contribution in [0.25, 0.3) is 11.3 Å². The van der Waals surface area contributed by atoms with E-state index in [4.69, 9.17) is 33.5 Å². The molecule has 0 unspecified atom stereocenters. The van der Waals surface area contributed by atoms with Crippen LogP contribution >= 0.6 is 23.2 Å². The summed E-state index contributed by atoms with van der Waals surface area (Å²) in [6.45, 7) is 0. The molecule has 5 nitrogen and oxygen atoms in total. The molecule has 0 radical (unpaired) electrons. The summed E-state index contributed by atoms with van der Waals surface area (Å²) >= 11 is 12.0. The van der Waals surface area contributed by atoms with Crippen LogP contribution in [0.3, 0.4) is 0 Å². The molecule has 2 aromatic carbocycles. The quantitative estimate of drug-likeness (QED) is 0.752. The molecule has 0 aliphatic carbocycles. The van der Waals surface area contributed by atoms with Crippen LogP contribution in [-0.4, -0.2) is 13.6 Å². The molecule has 8 heteroatoms. The molecule has 1 heterocycles. The second kappa shape index (κ2) is 5.88. The Morgan fingerprint density at radius 3 is 2.39 bits per heavy atom.